The summed E-state index contributed by atoms with van der Waals surface area (Å²) in [5.74, 6) is -0.0884. The van der Waals surface area contributed by atoms with Gasteiger partial charge in [0.05, 0.1) is 17.7 Å². The van der Waals surface area contributed by atoms with Gasteiger partial charge in [-0.1, -0.05) is 11.6 Å². The monoisotopic (exact) mass is 340 g/mol. The third kappa shape index (κ3) is 3.55. The summed E-state index contributed by atoms with van der Waals surface area (Å²) in [6, 6.07) is 0.865. The molecule has 1 fully saturated rings. The lowest BCUT2D eigenvalue weighted by Gasteiger charge is -2.17. The van der Waals surface area contributed by atoms with Crippen LogP contribution >= 0.6 is 0 Å². The molecule has 1 amide bonds. The average Bonchev–Trinajstić information content (AvgIpc) is 2.91. The Hall–Kier alpha value is -2.45. The van der Waals surface area contributed by atoms with Gasteiger partial charge in [-0.05, 0) is 18.9 Å². The van der Waals surface area contributed by atoms with Crippen LogP contribution in [0.2, 0.25) is 0 Å². The van der Waals surface area contributed by atoms with E-state index in [4.69, 9.17) is 4.52 Å². The van der Waals surface area contributed by atoms with Crippen LogP contribution < -0.4 is 0 Å². The Labute approximate surface area is 135 Å². The minimum atomic E-state index is -4.54. The second-order valence-electron chi connectivity index (χ2n) is 5.56. The number of likely N-dealkylation sites (tertiary alicyclic amines) is 1. The Balaban J connectivity index is 1.83. The number of halogens is 3. The maximum absolute atomic E-state index is 13.0. The van der Waals surface area contributed by atoms with Crippen LogP contribution in [-0.4, -0.2) is 32.5 Å². The number of carbonyl (C=O) groups excluding carboxylic acids is 1. The first kappa shape index (κ1) is 16.4. The molecule has 9 heteroatoms. The molecule has 0 spiro atoms. The van der Waals surface area contributed by atoms with Gasteiger partial charge in [0.15, 0.2) is 0 Å². The molecular weight excluding hydrogens is 325 g/mol. The van der Waals surface area contributed by atoms with Crippen LogP contribution in [0, 0.1) is 0 Å². The third-order valence-corrected chi connectivity index (χ3v) is 3.83. The second kappa shape index (κ2) is 6.58. The van der Waals surface area contributed by atoms with Crippen LogP contribution in [-0.2, 0) is 17.5 Å². The Morgan fingerprint density at radius 3 is 2.88 bits per heavy atom. The van der Waals surface area contributed by atoms with Crippen LogP contribution in [0.15, 0.2) is 23.0 Å². The van der Waals surface area contributed by atoms with E-state index in [9.17, 15) is 18.0 Å². The van der Waals surface area contributed by atoms with Gasteiger partial charge in [-0.2, -0.15) is 18.2 Å². The molecule has 0 saturated carbocycles. The SMILES string of the molecule is O=C1CCCCCN1Cc1nc(-c2cnccc2C(F)(F)F)no1. The molecule has 1 aliphatic rings. The van der Waals surface area contributed by atoms with Crippen molar-refractivity contribution in [3.05, 3.63) is 29.9 Å². The zero-order valence-electron chi connectivity index (χ0n) is 12.7. The molecule has 1 aliphatic heterocycles. The molecule has 2 aromatic heterocycles. The van der Waals surface area contributed by atoms with Gasteiger partial charge < -0.3 is 9.42 Å². The highest BCUT2D eigenvalue weighted by atomic mass is 19.4. The van der Waals surface area contributed by atoms with E-state index in [1.54, 1.807) is 4.90 Å². The lowest BCUT2D eigenvalue weighted by Crippen LogP contribution is -2.29. The van der Waals surface area contributed by atoms with Crippen LogP contribution in [0.3, 0.4) is 0 Å². The van der Waals surface area contributed by atoms with Crippen molar-refractivity contribution in [2.24, 2.45) is 0 Å². The molecule has 1 saturated heterocycles. The number of alkyl halides is 3. The highest BCUT2D eigenvalue weighted by molar-refractivity contribution is 5.76. The molecule has 128 valence electrons. The molecule has 0 atom stereocenters. The van der Waals surface area contributed by atoms with Gasteiger partial charge in [0, 0.05) is 25.4 Å². The van der Waals surface area contributed by atoms with Crippen molar-refractivity contribution in [2.45, 2.75) is 38.4 Å². The number of amides is 1. The maximum Gasteiger partial charge on any atom is 0.417 e. The predicted octanol–water partition coefficient (Wildman–Crippen LogP) is 3.05. The number of rotatable bonds is 3. The smallest absolute Gasteiger partial charge is 0.337 e. The summed E-state index contributed by atoms with van der Waals surface area (Å²) >= 11 is 0. The normalized spacial score (nSPS) is 16.3. The minimum Gasteiger partial charge on any atom is -0.337 e. The van der Waals surface area contributed by atoms with Gasteiger partial charge in [0.1, 0.15) is 0 Å². The van der Waals surface area contributed by atoms with Crippen LogP contribution in [0.5, 0.6) is 0 Å². The first-order valence-electron chi connectivity index (χ1n) is 7.57. The third-order valence-electron chi connectivity index (χ3n) is 3.83. The first-order valence-corrected chi connectivity index (χ1v) is 7.57. The molecule has 6 nitrogen and oxygen atoms in total. The number of pyridine rings is 1. The fourth-order valence-corrected chi connectivity index (χ4v) is 2.62. The average molecular weight is 340 g/mol. The van der Waals surface area contributed by atoms with E-state index in [0.717, 1.165) is 37.7 Å². The van der Waals surface area contributed by atoms with E-state index >= 15 is 0 Å². The number of aromatic nitrogens is 3. The molecule has 3 heterocycles. The molecule has 0 N–H and O–H groups in total. The van der Waals surface area contributed by atoms with Gasteiger partial charge in [-0.25, -0.2) is 0 Å². The molecule has 0 aliphatic carbocycles. The summed E-state index contributed by atoms with van der Waals surface area (Å²) in [5, 5.41) is 3.61. The number of hydrogen-bond acceptors (Lipinski definition) is 5. The van der Waals surface area contributed by atoms with Crippen molar-refractivity contribution in [2.75, 3.05) is 6.54 Å². The van der Waals surface area contributed by atoms with Gasteiger partial charge in [0.25, 0.3) is 0 Å². The summed E-state index contributed by atoms with van der Waals surface area (Å²) in [6.07, 6.45) is 0.726. The quantitative estimate of drug-likeness (QED) is 0.859. The van der Waals surface area contributed by atoms with Gasteiger partial charge >= 0.3 is 6.18 Å². The van der Waals surface area contributed by atoms with Gasteiger partial charge in [0.2, 0.25) is 17.6 Å². The fraction of sp³-hybridized carbons (Fsp3) is 0.467. The van der Waals surface area contributed by atoms with Crippen LogP contribution in [0.25, 0.3) is 11.4 Å². The van der Waals surface area contributed by atoms with Crippen molar-refractivity contribution < 1.29 is 22.5 Å². The van der Waals surface area contributed by atoms with E-state index in [-0.39, 0.29) is 29.7 Å². The minimum absolute atomic E-state index is 0.00962. The summed E-state index contributed by atoms with van der Waals surface area (Å²) in [7, 11) is 0. The zero-order chi connectivity index (χ0) is 17.2. The van der Waals surface area contributed by atoms with E-state index in [1.165, 1.54) is 0 Å². The zero-order valence-corrected chi connectivity index (χ0v) is 12.7. The largest absolute Gasteiger partial charge is 0.417 e. The van der Waals surface area contributed by atoms with Crippen LogP contribution in [0.4, 0.5) is 13.2 Å². The molecule has 24 heavy (non-hydrogen) atoms. The summed E-state index contributed by atoms with van der Waals surface area (Å²) < 4.78 is 44.2. The number of hydrogen-bond donors (Lipinski definition) is 0. The first-order chi connectivity index (χ1) is 11.4. The van der Waals surface area contributed by atoms with E-state index in [1.807, 2.05) is 0 Å². The highest BCUT2D eigenvalue weighted by Gasteiger charge is 2.35. The van der Waals surface area contributed by atoms with Gasteiger partial charge in [-0.15, -0.1) is 0 Å². The molecule has 0 aromatic carbocycles. The van der Waals surface area contributed by atoms with E-state index in [0.29, 0.717) is 13.0 Å². The van der Waals surface area contributed by atoms with Crippen molar-refractivity contribution in [3.8, 4) is 11.4 Å². The fourth-order valence-electron chi connectivity index (χ4n) is 2.62. The topological polar surface area (TPSA) is 72.1 Å². The van der Waals surface area contributed by atoms with Crippen molar-refractivity contribution in [1.29, 1.82) is 0 Å². The predicted molar refractivity (Wildman–Crippen MR) is 76.4 cm³/mol. The van der Waals surface area contributed by atoms with E-state index < -0.39 is 11.7 Å². The lowest BCUT2D eigenvalue weighted by atomic mass is 10.1. The molecule has 0 unspecified atom stereocenters. The molecule has 0 bridgehead atoms. The molecule has 0 radical (unpaired) electrons. The number of nitrogens with zero attached hydrogens (tertiary/aromatic N) is 4. The second-order valence-corrected chi connectivity index (χ2v) is 5.56. The Kier molecular flexibility index (Phi) is 4.50. The standard InChI is InChI=1S/C15H15F3N4O2/c16-15(17,18)11-5-6-19-8-10(11)14-20-12(24-21-14)9-22-7-3-1-2-4-13(22)23/h5-6,8H,1-4,7,9H2. The van der Waals surface area contributed by atoms with Crippen molar-refractivity contribution >= 4 is 5.91 Å². The summed E-state index contributed by atoms with van der Waals surface area (Å²) in [6.45, 7) is 0.685. The number of carbonyl (C=O) groups is 1. The summed E-state index contributed by atoms with van der Waals surface area (Å²) in [5.41, 5.74) is -1.13. The Morgan fingerprint density at radius 1 is 1.25 bits per heavy atom. The lowest BCUT2D eigenvalue weighted by molar-refractivity contribution is -0.137. The summed E-state index contributed by atoms with van der Waals surface area (Å²) in [4.78, 5) is 21.3. The molecule has 2 aromatic rings. The highest BCUT2D eigenvalue weighted by Crippen LogP contribution is 2.35. The maximum atomic E-state index is 13.0. The Morgan fingerprint density at radius 2 is 2.08 bits per heavy atom. The van der Waals surface area contributed by atoms with Crippen LogP contribution in [0.1, 0.15) is 37.1 Å². The van der Waals surface area contributed by atoms with Crippen molar-refractivity contribution in [1.82, 2.24) is 20.0 Å². The Bertz CT molecular complexity index is 730. The molecular formula is C15H15F3N4O2. The van der Waals surface area contributed by atoms with E-state index in [2.05, 4.69) is 15.1 Å². The molecule has 3 rings (SSSR count). The van der Waals surface area contributed by atoms with Gasteiger partial charge in [-0.3, -0.25) is 9.78 Å². The van der Waals surface area contributed by atoms with Crippen molar-refractivity contribution in [3.63, 3.8) is 0 Å².